The van der Waals surface area contributed by atoms with Gasteiger partial charge in [-0.15, -0.1) is 11.3 Å². The lowest BCUT2D eigenvalue weighted by molar-refractivity contribution is -0.605. The van der Waals surface area contributed by atoms with Gasteiger partial charge in [0.2, 0.25) is 0 Å². The van der Waals surface area contributed by atoms with Crippen molar-refractivity contribution in [1.82, 2.24) is 4.90 Å². The van der Waals surface area contributed by atoms with Crippen LogP contribution in [0.15, 0.2) is 42.0 Å². The smallest absolute Gasteiger partial charge is 0.260 e. The van der Waals surface area contributed by atoms with Crippen LogP contribution >= 0.6 is 11.3 Å². The molecule has 0 saturated carbocycles. The zero-order valence-corrected chi connectivity index (χ0v) is 11.2. The highest BCUT2D eigenvalue weighted by Crippen LogP contribution is 2.35. The van der Waals surface area contributed by atoms with Crippen molar-refractivity contribution >= 4 is 17.2 Å². The molecule has 1 amide bonds. The minimum atomic E-state index is -0.0545. The van der Waals surface area contributed by atoms with E-state index in [2.05, 4.69) is 6.07 Å². The van der Waals surface area contributed by atoms with E-state index in [1.54, 1.807) is 23.5 Å². The van der Waals surface area contributed by atoms with E-state index < -0.39 is 0 Å². The number of pyridine rings is 1. The van der Waals surface area contributed by atoms with Crippen molar-refractivity contribution in [2.45, 2.75) is 18.9 Å². The van der Waals surface area contributed by atoms with Crippen molar-refractivity contribution in [1.29, 1.82) is 0 Å². The summed E-state index contributed by atoms with van der Waals surface area (Å²) in [6.45, 7) is 0.759. The predicted octanol–water partition coefficient (Wildman–Crippen LogP) is 2.36. The molecule has 0 unspecified atom stereocenters. The lowest BCUT2D eigenvalue weighted by Gasteiger charge is -2.23. The van der Waals surface area contributed by atoms with E-state index >= 15 is 0 Å². The second-order valence-corrected chi connectivity index (χ2v) is 5.60. The Morgan fingerprint density at radius 3 is 3.05 bits per heavy atom. The molecule has 0 bridgehead atoms. The molecule has 0 radical (unpaired) electrons. The Balaban J connectivity index is 1.87. The summed E-state index contributed by atoms with van der Waals surface area (Å²) in [5.41, 5.74) is 0.459. The standard InChI is InChI=1S/C14H14N2O2S/c17-14(11-4-1-7-15(18)10-11)16-8-2-5-12(16)13-6-3-9-19-13/h1,3-4,6-7,9-10,12H,2,5,8H2/t12-/m0/s1. The van der Waals surface area contributed by atoms with Crippen LogP contribution in [0.5, 0.6) is 0 Å². The average Bonchev–Trinajstić information content (AvgIpc) is 3.08. The van der Waals surface area contributed by atoms with Gasteiger partial charge in [-0.1, -0.05) is 6.07 Å². The van der Waals surface area contributed by atoms with Crippen molar-refractivity contribution < 1.29 is 9.52 Å². The van der Waals surface area contributed by atoms with Crippen LogP contribution in [-0.2, 0) is 0 Å². The minimum Gasteiger partial charge on any atom is -0.619 e. The summed E-state index contributed by atoms with van der Waals surface area (Å²) in [6.07, 6.45) is 4.73. The van der Waals surface area contributed by atoms with Crippen LogP contribution in [-0.4, -0.2) is 17.4 Å². The van der Waals surface area contributed by atoms with E-state index in [0.717, 1.165) is 19.4 Å². The fourth-order valence-corrected chi connectivity index (χ4v) is 3.41. The monoisotopic (exact) mass is 274 g/mol. The molecule has 0 aromatic carbocycles. The van der Waals surface area contributed by atoms with Gasteiger partial charge in [-0.3, -0.25) is 4.79 Å². The van der Waals surface area contributed by atoms with Gasteiger partial charge in [0.15, 0.2) is 12.4 Å². The van der Waals surface area contributed by atoms with Crippen LogP contribution in [0.4, 0.5) is 0 Å². The Morgan fingerprint density at radius 2 is 2.32 bits per heavy atom. The number of carbonyl (C=O) groups is 1. The molecular weight excluding hydrogens is 260 g/mol. The zero-order valence-electron chi connectivity index (χ0n) is 10.4. The Morgan fingerprint density at radius 1 is 1.42 bits per heavy atom. The van der Waals surface area contributed by atoms with E-state index in [4.69, 9.17) is 0 Å². The third-order valence-corrected chi connectivity index (χ3v) is 4.38. The highest BCUT2D eigenvalue weighted by Gasteiger charge is 2.31. The number of hydrogen-bond donors (Lipinski definition) is 0. The largest absolute Gasteiger partial charge is 0.619 e. The van der Waals surface area contributed by atoms with E-state index in [1.165, 1.54) is 17.3 Å². The molecule has 3 rings (SSSR count). The molecule has 2 aromatic rings. The van der Waals surface area contributed by atoms with Crippen LogP contribution in [0, 0.1) is 5.21 Å². The number of aromatic nitrogens is 1. The van der Waals surface area contributed by atoms with Crippen LogP contribution in [0.3, 0.4) is 0 Å². The molecule has 1 saturated heterocycles. The molecule has 5 heteroatoms. The summed E-state index contributed by atoms with van der Waals surface area (Å²) in [4.78, 5) is 15.6. The van der Waals surface area contributed by atoms with E-state index in [0.29, 0.717) is 10.3 Å². The molecule has 98 valence electrons. The molecule has 1 atom stereocenters. The van der Waals surface area contributed by atoms with Crippen LogP contribution in [0.1, 0.15) is 34.1 Å². The topological polar surface area (TPSA) is 47.2 Å². The normalized spacial score (nSPS) is 18.7. The molecule has 1 aliphatic rings. The summed E-state index contributed by atoms with van der Waals surface area (Å²) >= 11 is 1.68. The molecule has 0 spiro atoms. The van der Waals surface area contributed by atoms with Gasteiger partial charge in [0.1, 0.15) is 5.56 Å². The Hall–Kier alpha value is -1.88. The molecule has 0 N–H and O–H groups in total. The van der Waals surface area contributed by atoms with Crippen LogP contribution < -0.4 is 4.73 Å². The summed E-state index contributed by atoms with van der Waals surface area (Å²) in [7, 11) is 0. The molecule has 2 aromatic heterocycles. The Kier molecular flexibility index (Phi) is 3.21. The fourth-order valence-electron chi connectivity index (χ4n) is 2.53. The maximum Gasteiger partial charge on any atom is 0.260 e. The Bertz CT molecular complexity index is 583. The molecule has 19 heavy (non-hydrogen) atoms. The summed E-state index contributed by atoms with van der Waals surface area (Å²) in [5.74, 6) is -0.0545. The first-order chi connectivity index (χ1) is 9.25. The molecule has 4 nitrogen and oxygen atoms in total. The molecule has 0 aliphatic carbocycles. The first-order valence-electron chi connectivity index (χ1n) is 6.29. The second-order valence-electron chi connectivity index (χ2n) is 4.62. The highest BCUT2D eigenvalue weighted by atomic mass is 32.1. The van der Waals surface area contributed by atoms with Crippen molar-refractivity contribution in [3.05, 3.63) is 57.7 Å². The van der Waals surface area contributed by atoms with E-state index in [-0.39, 0.29) is 11.9 Å². The number of hydrogen-bond acceptors (Lipinski definition) is 3. The average molecular weight is 274 g/mol. The van der Waals surface area contributed by atoms with E-state index in [1.807, 2.05) is 16.3 Å². The molecule has 1 fully saturated rings. The Labute approximate surface area is 115 Å². The zero-order chi connectivity index (χ0) is 13.2. The summed E-state index contributed by atoms with van der Waals surface area (Å²) in [6, 6.07) is 7.54. The van der Waals surface area contributed by atoms with Crippen LogP contribution in [0.2, 0.25) is 0 Å². The van der Waals surface area contributed by atoms with Gasteiger partial charge in [0.25, 0.3) is 5.91 Å². The summed E-state index contributed by atoms with van der Waals surface area (Å²) < 4.78 is 0.670. The number of likely N-dealkylation sites (tertiary alicyclic amines) is 1. The lowest BCUT2D eigenvalue weighted by Crippen LogP contribution is -2.33. The van der Waals surface area contributed by atoms with Gasteiger partial charge < -0.3 is 10.1 Å². The van der Waals surface area contributed by atoms with Gasteiger partial charge in [0.05, 0.1) is 6.04 Å². The number of nitrogens with zero attached hydrogens (tertiary/aromatic N) is 2. The van der Waals surface area contributed by atoms with Gasteiger partial charge in [-0.25, -0.2) is 0 Å². The third-order valence-electron chi connectivity index (χ3n) is 3.41. The first kappa shape index (κ1) is 12.2. The van der Waals surface area contributed by atoms with Crippen molar-refractivity contribution in [3.8, 4) is 0 Å². The quantitative estimate of drug-likeness (QED) is 0.623. The van der Waals surface area contributed by atoms with Gasteiger partial charge in [0, 0.05) is 17.5 Å². The predicted molar refractivity (Wildman–Crippen MR) is 72.7 cm³/mol. The first-order valence-corrected chi connectivity index (χ1v) is 7.17. The lowest BCUT2D eigenvalue weighted by atomic mass is 10.1. The molecule has 3 heterocycles. The SMILES string of the molecule is O=C(c1ccc[n+]([O-])c1)N1CCC[C@H]1c1cccs1. The maximum absolute atomic E-state index is 12.5. The van der Waals surface area contributed by atoms with Crippen molar-refractivity contribution in [3.63, 3.8) is 0 Å². The van der Waals surface area contributed by atoms with Crippen LogP contribution in [0.25, 0.3) is 0 Å². The van der Waals surface area contributed by atoms with Gasteiger partial charge in [-0.2, -0.15) is 4.73 Å². The van der Waals surface area contributed by atoms with Crippen molar-refractivity contribution in [2.75, 3.05) is 6.54 Å². The van der Waals surface area contributed by atoms with Gasteiger partial charge >= 0.3 is 0 Å². The summed E-state index contributed by atoms with van der Waals surface area (Å²) in [5, 5.41) is 13.3. The minimum absolute atomic E-state index is 0.0545. The van der Waals surface area contributed by atoms with Gasteiger partial charge in [-0.05, 0) is 30.4 Å². The van der Waals surface area contributed by atoms with E-state index in [9.17, 15) is 10.0 Å². The third kappa shape index (κ3) is 2.33. The molecule has 1 aliphatic heterocycles. The van der Waals surface area contributed by atoms with Crippen molar-refractivity contribution in [2.24, 2.45) is 0 Å². The number of amides is 1. The molecular formula is C14H14N2O2S. The maximum atomic E-state index is 12.5. The fraction of sp³-hybridized carbons (Fsp3) is 0.286. The number of rotatable bonds is 2. The number of carbonyl (C=O) groups excluding carboxylic acids is 1. The second kappa shape index (κ2) is 5.01. The highest BCUT2D eigenvalue weighted by molar-refractivity contribution is 7.10. The number of thiophene rings is 1.